The molecule has 0 atom stereocenters. The molecule has 0 aliphatic carbocycles. The first-order valence-corrected chi connectivity index (χ1v) is 15.9. The lowest BCUT2D eigenvalue weighted by Crippen LogP contribution is -1.81. The maximum absolute atomic E-state index is 2.47. The van der Waals surface area contributed by atoms with Gasteiger partial charge in [0.05, 0.1) is 25.4 Å². The van der Waals surface area contributed by atoms with E-state index in [-0.39, 0.29) is 0 Å². The molecule has 2 aliphatic rings. The van der Waals surface area contributed by atoms with Crippen molar-refractivity contribution in [3.8, 4) is 0 Å². The molecule has 0 spiro atoms. The van der Waals surface area contributed by atoms with Crippen LogP contribution in [0.15, 0.2) is 25.4 Å². The molecule has 0 saturated heterocycles. The smallest absolute Gasteiger partial charge is 0.0717 e. The van der Waals surface area contributed by atoms with Crippen molar-refractivity contribution in [1.29, 1.82) is 0 Å². The first-order chi connectivity index (χ1) is 10.7. The predicted octanol–water partition coefficient (Wildman–Crippen LogP) is 8.36. The number of unbranched alkanes of at least 4 members (excludes halogenated alkanes) is 1. The van der Waals surface area contributed by atoms with Crippen LogP contribution < -0.4 is 0 Å². The average Bonchev–Trinajstić information content (AvgIpc) is 3.14. The molecule has 0 radical (unpaired) electrons. The van der Waals surface area contributed by atoms with Crippen molar-refractivity contribution in [2.75, 3.05) is 28.9 Å². The van der Waals surface area contributed by atoms with E-state index in [2.05, 4.69) is 53.1 Å². The largest absolute Gasteiger partial charge is 0.121 e. The highest BCUT2D eigenvalue weighted by molar-refractivity contribution is 14.1. The predicted molar refractivity (Wildman–Crippen MR) is 133 cm³/mol. The third kappa shape index (κ3) is 5.89. The van der Waals surface area contributed by atoms with Crippen molar-refractivity contribution in [3.05, 3.63) is 25.4 Å². The van der Waals surface area contributed by atoms with Crippen LogP contribution in [-0.2, 0) is 0 Å². The lowest BCUT2D eigenvalue weighted by Gasteiger charge is -2.03. The highest BCUT2D eigenvalue weighted by atomic mass is 127. The molecule has 124 valence electrons. The third-order valence-electron chi connectivity index (χ3n) is 2.56. The van der Waals surface area contributed by atoms with Crippen molar-refractivity contribution in [3.63, 3.8) is 0 Å². The summed E-state index contributed by atoms with van der Waals surface area (Å²) < 4.78 is 10.2. The number of alkyl halides is 1. The van der Waals surface area contributed by atoms with Gasteiger partial charge in [-0.1, -0.05) is 69.6 Å². The lowest BCUT2D eigenvalue weighted by atomic mass is 10.4. The van der Waals surface area contributed by atoms with Crippen LogP contribution in [0.3, 0.4) is 0 Å². The van der Waals surface area contributed by atoms with Crippen LogP contribution >= 0.6 is 117 Å². The molecule has 9 heteroatoms. The summed E-state index contributed by atoms with van der Waals surface area (Å²) in [6.07, 6.45) is 9.23. The minimum absolute atomic E-state index is 1.25. The molecule has 0 fully saturated rings. The van der Waals surface area contributed by atoms with E-state index in [4.69, 9.17) is 0 Å². The molecule has 0 unspecified atom stereocenters. The fourth-order valence-electron chi connectivity index (χ4n) is 1.54. The van der Waals surface area contributed by atoms with Crippen molar-refractivity contribution in [2.24, 2.45) is 0 Å². The Balaban J connectivity index is 1.98. The molecular weight excluding hydrogens is 540 g/mol. The summed E-state index contributed by atoms with van der Waals surface area (Å²) in [7, 11) is 0. The Morgan fingerprint density at radius 2 is 1.18 bits per heavy atom. The Kier molecular flexibility index (Phi) is 11.0. The minimum Gasteiger partial charge on any atom is -0.121 e. The van der Waals surface area contributed by atoms with E-state index in [0.717, 1.165) is 0 Å². The van der Waals surface area contributed by atoms with Gasteiger partial charge >= 0.3 is 0 Å². The number of hydrogen-bond acceptors (Lipinski definition) is 8. The quantitative estimate of drug-likeness (QED) is 0.164. The summed E-state index contributed by atoms with van der Waals surface area (Å²) in [6, 6.07) is 0. The molecule has 0 saturated carbocycles. The average molecular weight is 557 g/mol. The standard InChI is InChI=1S/C13H17IS8/c1-15-8-9(16-2)20-12(19-8)13-21-10(17-3)11(22-13)18-7-5-4-6-14/h4-7H2,1-3H3. The molecule has 2 aliphatic heterocycles. The molecule has 0 aromatic heterocycles. The number of hydrogen-bond donors (Lipinski definition) is 0. The Morgan fingerprint density at radius 1 is 0.727 bits per heavy atom. The minimum atomic E-state index is 1.25. The van der Waals surface area contributed by atoms with Crippen LogP contribution in [0.4, 0.5) is 0 Å². The van der Waals surface area contributed by atoms with Crippen molar-refractivity contribution in [1.82, 2.24) is 0 Å². The van der Waals surface area contributed by atoms with E-state index in [1.54, 1.807) is 0 Å². The maximum atomic E-state index is 2.47. The van der Waals surface area contributed by atoms with Gasteiger partial charge in [-0.25, -0.2) is 0 Å². The van der Waals surface area contributed by atoms with Crippen LogP contribution in [0.5, 0.6) is 0 Å². The highest BCUT2D eigenvalue weighted by Crippen LogP contribution is 2.65. The van der Waals surface area contributed by atoms with Crippen molar-refractivity contribution in [2.45, 2.75) is 12.8 Å². The van der Waals surface area contributed by atoms with Crippen LogP contribution in [0.25, 0.3) is 0 Å². The number of thioether (sulfide) groups is 8. The zero-order chi connectivity index (χ0) is 15.9. The van der Waals surface area contributed by atoms with E-state index in [9.17, 15) is 0 Å². The Hall–Kier alpha value is 2.75. The third-order valence-corrected chi connectivity index (χ3v) is 14.5. The molecule has 0 bridgehead atoms. The summed E-state index contributed by atoms with van der Waals surface area (Å²) in [5.41, 5.74) is 0. The Morgan fingerprint density at radius 3 is 1.64 bits per heavy atom. The Bertz CT molecular complexity index is 478. The van der Waals surface area contributed by atoms with E-state index >= 15 is 0 Å². The second kappa shape index (κ2) is 11.5. The summed E-state index contributed by atoms with van der Waals surface area (Å²) in [5, 5.41) is 0. The van der Waals surface area contributed by atoms with E-state index < -0.39 is 0 Å². The van der Waals surface area contributed by atoms with E-state index in [1.807, 2.05) is 82.3 Å². The topological polar surface area (TPSA) is 0 Å². The second-order valence-corrected chi connectivity index (χ2v) is 14.3. The molecule has 0 aromatic rings. The van der Waals surface area contributed by atoms with Gasteiger partial charge in [-0.3, -0.25) is 0 Å². The van der Waals surface area contributed by atoms with Crippen LogP contribution in [0.2, 0.25) is 0 Å². The summed E-state index contributed by atoms with van der Waals surface area (Å²) >= 11 is 18.1. The zero-order valence-corrected chi connectivity index (χ0v) is 21.2. The summed E-state index contributed by atoms with van der Waals surface area (Å²) in [6.45, 7) is 0. The van der Waals surface area contributed by atoms with E-state index in [1.165, 1.54) is 48.4 Å². The van der Waals surface area contributed by atoms with Gasteiger partial charge in [-0.15, -0.1) is 47.0 Å². The van der Waals surface area contributed by atoms with Gasteiger partial charge in [0, 0.05) is 0 Å². The summed E-state index contributed by atoms with van der Waals surface area (Å²) in [4.78, 5) is 0. The zero-order valence-electron chi connectivity index (χ0n) is 12.5. The van der Waals surface area contributed by atoms with Gasteiger partial charge in [-0.05, 0) is 41.8 Å². The fraction of sp³-hybridized carbons (Fsp3) is 0.538. The van der Waals surface area contributed by atoms with Crippen LogP contribution in [-0.4, -0.2) is 28.9 Å². The SMILES string of the molecule is CSC1=C(SC)SC(=C2SC(SC)=C(SCCCCI)S2)S1. The molecule has 2 rings (SSSR count). The number of halogens is 1. The number of rotatable bonds is 8. The van der Waals surface area contributed by atoms with Gasteiger partial charge in [0.2, 0.25) is 0 Å². The molecular formula is C13H17IS8. The molecule has 2 heterocycles. The monoisotopic (exact) mass is 556 g/mol. The van der Waals surface area contributed by atoms with Crippen molar-refractivity contribution >= 4 is 117 Å². The van der Waals surface area contributed by atoms with Gasteiger partial charge in [0.25, 0.3) is 0 Å². The Labute approximate surface area is 181 Å². The summed E-state index contributed by atoms with van der Waals surface area (Å²) in [5.74, 6) is 1.25. The first kappa shape index (κ1) is 21.1. The van der Waals surface area contributed by atoms with Gasteiger partial charge in [-0.2, -0.15) is 0 Å². The molecule has 0 aromatic carbocycles. The molecule has 0 amide bonds. The highest BCUT2D eigenvalue weighted by Gasteiger charge is 2.29. The van der Waals surface area contributed by atoms with Gasteiger partial charge in [0.15, 0.2) is 0 Å². The second-order valence-electron chi connectivity index (χ2n) is 3.99. The normalized spacial score (nSPS) is 19.1. The molecule has 0 N–H and O–H groups in total. The van der Waals surface area contributed by atoms with Crippen LogP contribution in [0.1, 0.15) is 12.8 Å². The maximum Gasteiger partial charge on any atom is 0.0717 e. The molecule has 0 nitrogen and oxygen atoms in total. The molecule has 22 heavy (non-hydrogen) atoms. The van der Waals surface area contributed by atoms with Gasteiger partial charge < -0.3 is 0 Å². The van der Waals surface area contributed by atoms with Gasteiger partial charge in [0.1, 0.15) is 0 Å². The van der Waals surface area contributed by atoms with E-state index in [0.29, 0.717) is 0 Å². The lowest BCUT2D eigenvalue weighted by molar-refractivity contribution is 0.920. The van der Waals surface area contributed by atoms with Crippen molar-refractivity contribution < 1.29 is 0 Å². The van der Waals surface area contributed by atoms with Crippen LogP contribution in [0, 0.1) is 0 Å². The first-order valence-electron chi connectivity index (χ1n) is 6.48. The fourth-order valence-corrected chi connectivity index (χ4v) is 12.9.